The zero-order valence-electron chi connectivity index (χ0n) is 10.1. The summed E-state index contributed by atoms with van der Waals surface area (Å²) in [6.45, 7) is 6.03. The van der Waals surface area contributed by atoms with Gasteiger partial charge in [0.1, 0.15) is 4.34 Å². The van der Waals surface area contributed by atoms with Crippen molar-refractivity contribution in [1.29, 1.82) is 5.26 Å². The van der Waals surface area contributed by atoms with E-state index in [1.165, 1.54) is 0 Å². The highest BCUT2D eigenvalue weighted by molar-refractivity contribution is 8.00. The number of unbranched alkanes of at least 4 members (excludes halogenated alkanes) is 1. The molecule has 0 aliphatic carbocycles. The van der Waals surface area contributed by atoms with Crippen LogP contribution in [0.5, 0.6) is 0 Å². The molecule has 0 amide bonds. The minimum atomic E-state index is -0.164. The van der Waals surface area contributed by atoms with Gasteiger partial charge in [0, 0.05) is 16.8 Å². The van der Waals surface area contributed by atoms with Gasteiger partial charge in [-0.15, -0.1) is 11.3 Å². The second-order valence-corrected chi connectivity index (χ2v) is 6.76. The first-order chi connectivity index (χ1) is 7.53. The summed E-state index contributed by atoms with van der Waals surface area (Å²) in [6.07, 6.45) is 3.27. The number of thiazole rings is 1. The van der Waals surface area contributed by atoms with Crippen LogP contribution in [0.2, 0.25) is 0 Å². The highest BCUT2D eigenvalue weighted by Gasteiger charge is 2.15. The Labute approximate surface area is 106 Å². The molecule has 0 unspecified atom stereocenters. The van der Waals surface area contributed by atoms with Crippen molar-refractivity contribution in [2.24, 2.45) is 5.41 Å². The normalized spacial score (nSPS) is 11.4. The van der Waals surface area contributed by atoms with E-state index in [1.54, 1.807) is 11.3 Å². The van der Waals surface area contributed by atoms with Crippen molar-refractivity contribution in [3.05, 3.63) is 11.1 Å². The Hall–Kier alpha value is -0.530. The molecular weight excluding hydrogens is 236 g/mol. The lowest BCUT2D eigenvalue weighted by atomic mass is 9.89. The minimum absolute atomic E-state index is 0.164. The molecule has 0 bridgehead atoms. The van der Waals surface area contributed by atoms with Gasteiger partial charge < -0.3 is 0 Å². The number of rotatable bonds is 6. The van der Waals surface area contributed by atoms with Crippen molar-refractivity contribution in [3.8, 4) is 6.07 Å². The summed E-state index contributed by atoms with van der Waals surface area (Å²) < 4.78 is 1.16. The second kappa shape index (κ2) is 6.27. The van der Waals surface area contributed by atoms with Crippen LogP contribution in [0.1, 0.15) is 38.8 Å². The summed E-state index contributed by atoms with van der Waals surface area (Å²) in [5.74, 6) is 1.11. The SMILES string of the molecule is Cc1csc(SCCCCC(C)(C)C#N)n1. The van der Waals surface area contributed by atoms with E-state index in [4.69, 9.17) is 5.26 Å². The molecule has 0 fully saturated rings. The first kappa shape index (κ1) is 13.5. The third-order valence-electron chi connectivity index (χ3n) is 2.32. The number of hydrogen-bond donors (Lipinski definition) is 0. The fraction of sp³-hybridized carbons (Fsp3) is 0.667. The van der Waals surface area contributed by atoms with Gasteiger partial charge in [-0.05, 0) is 33.6 Å². The molecule has 0 aliphatic heterocycles. The van der Waals surface area contributed by atoms with Crippen LogP contribution in [-0.2, 0) is 0 Å². The van der Waals surface area contributed by atoms with E-state index >= 15 is 0 Å². The lowest BCUT2D eigenvalue weighted by Gasteiger charge is -2.13. The van der Waals surface area contributed by atoms with Crippen molar-refractivity contribution >= 4 is 23.1 Å². The predicted octanol–water partition coefficient (Wildman–Crippen LogP) is 4.26. The monoisotopic (exact) mass is 254 g/mol. The average molecular weight is 254 g/mol. The standard InChI is InChI=1S/C12H18N2S2/c1-10-8-16-11(14-10)15-7-5-4-6-12(2,3)9-13/h8H,4-7H2,1-3H3. The van der Waals surface area contributed by atoms with E-state index in [9.17, 15) is 0 Å². The quantitative estimate of drug-likeness (QED) is 0.562. The fourth-order valence-corrected chi connectivity index (χ4v) is 3.20. The average Bonchev–Trinajstić information content (AvgIpc) is 2.64. The van der Waals surface area contributed by atoms with Crippen LogP contribution in [0.15, 0.2) is 9.72 Å². The molecule has 88 valence electrons. The summed E-state index contributed by atoms with van der Waals surface area (Å²) in [5.41, 5.74) is 0.945. The van der Waals surface area contributed by atoms with Crippen molar-refractivity contribution in [1.82, 2.24) is 4.98 Å². The molecular formula is C12H18N2S2. The lowest BCUT2D eigenvalue weighted by molar-refractivity contribution is 0.433. The highest BCUT2D eigenvalue weighted by atomic mass is 32.2. The van der Waals surface area contributed by atoms with Crippen LogP contribution in [0.3, 0.4) is 0 Å². The molecule has 0 N–H and O–H groups in total. The summed E-state index contributed by atoms with van der Waals surface area (Å²) >= 11 is 3.54. The molecule has 1 aromatic rings. The molecule has 1 aromatic heterocycles. The second-order valence-electron chi connectivity index (χ2n) is 4.56. The van der Waals surface area contributed by atoms with E-state index in [0.717, 1.165) is 35.0 Å². The number of aromatic nitrogens is 1. The summed E-state index contributed by atoms with van der Waals surface area (Å²) in [4.78, 5) is 4.40. The van der Waals surface area contributed by atoms with Crippen LogP contribution < -0.4 is 0 Å². The maximum Gasteiger partial charge on any atom is 0.150 e. The third kappa shape index (κ3) is 5.00. The Morgan fingerprint density at radius 2 is 2.25 bits per heavy atom. The number of aryl methyl sites for hydroxylation is 1. The zero-order valence-corrected chi connectivity index (χ0v) is 11.7. The van der Waals surface area contributed by atoms with Gasteiger partial charge in [0.2, 0.25) is 0 Å². The molecule has 0 saturated carbocycles. The summed E-state index contributed by atoms with van der Waals surface area (Å²) in [6, 6.07) is 2.34. The van der Waals surface area contributed by atoms with Crippen molar-refractivity contribution in [3.63, 3.8) is 0 Å². The molecule has 1 rings (SSSR count). The molecule has 0 spiro atoms. The molecule has 2 nitrogen and oxygen atoms in total. The third-order valence-corrected chi connectivity index (χ3v) is 4.55. The summed E-state index contributed by atoms with van der Waals surface area (Å²) in [5, 5.41) is 11.0. The molecule has 0 saturated heterocycles. The maximum absolute atomic E-state index is 8.87. The van der Waals surface area contributed by atoms with Gasteiger partial charge in [-0.3, -0.25) is 0 Å². The van der Waals surface area contributed by atoms with Crippen LogP contribution in [-0.4, -0.2) is 10.7 Å². The predicted molar refractivity (Wildman–Crippen MR) is 70.8 cm³/mol. The van der Waals surface area contributed by atoms with Gasteiger partial charge >= 0.3 is 0 Å². The number of nitrogens with zero attached hydrogens (tertiary/aromatic N) is 2. The van der Waals surface area contributed by atoms with Crippen LogP contribution >= 0.6 is 23.1 Å². The van der Waals surface area contributed by atoms with E-state index in [0.29, 0.717) is 0 Å². The van der Waals surface area contributed by atoms with Gasteiger partial charge in [-0.25, -0.2) is 4.98 Å². The van der Waals surface area contributed by atoms with E-state index in [2.05, 4.69) is 16.4 Å². The lowest BCUT2D eigenvalue weighted by Crippen LogP contribution is -2.07. The number of hydrogen-bond acceptors (Lipinski definition) is 4. The van der Waals surface area contributed by atoms with Crippen LogP contribution in [0.25, 0.3) is 0 Å². The molecule has 1 heterocycles. The fourth-order valence-electron chi connectivity index (χ4n) is 1.28. The molecule has 16 heavy (non-hydrogen) atoms. The number of nitriles is 1. The Morgan fingerprint density at radius 3 is 2.81 bits per heavy atom. The van der Waals surface area contributed by atoms with Crippen molar-refractivity contribution in [2.45, 2.75) is 44.4 Å². The van der Waals surface area contributed by atoms with Crippen molar-refractivity contribution < 1.29 is 0 Å². The summed E-state index contributed by atoms with van der Waals surface area (Å²) in [7, 11) is 0. The first-order valence-electron chi connectivity index (χ1n) is 5.50. The van der Waals surface area contributed by atoms with Gasteiger partial charge in [0.05, 0.1) is 11.5 Å². The Bertz CT molecular complexity index is 363. The minimum Gasteiger partial charge on any atom is -0.235 e. The van der Waals surface area contributed by atoms with Gasteiger partial charge in [-0.1, -0.05) is 18.2 Å². The largest absolute Gasteiger partial charge is 0.235 e. The Balaban J connectivity index is 2.11. The van der Waals surface area contributed by atoms with E-state index < -0.39 is 0 Å². The molecule has 0 radical (unpaired) electrons. The molecule has 4 heteroatoms. The Morgan fingerprint density at radius 1 is 1.50 bits per heavy atom. The molecule has 0 aliphatic rings. The van der Waals surface area contributed by atoms with Gasteiger partial charge in [0.25, 0.3) is 0 Å². The molecule has 0 aromatic carbocycles. The van der Waals surface area contributed by atoms with Gasteiger partial charge in [-0.2, -0.15) is 5.26 Å². The first-order valence-corrected chi connectivity index (χ1v) is 7.36. The van der Waals surface area contributed by atoms with E-state index in [1.807, 2.05) is 32.5 Å². The zero-order chi connectivity index (χ0) is 12.0. The van der Waals surface area contributed by atoms with E-state index in [-0.39, 0.29) is 5.41 Å². The topological polar surface area (TPSA) is 36.7 Å². The molecule has 0 atom stereocenters. The highest BCUT2D eigenvalue weighted by Crippen LogP contribution is 2.26. The Kier molecular flexibility index (Phi) is 5.30. The van der Waals surface area contributed by atoms with Crippen LogP contribution in [0.4, 0.5) is 0 Å². The van der Waals surface area contributed by atoms with Gasteiger partial charge in [0.15, 0.2) is 0 Å². The maximum atomic E-state index is 8.87. The number of thioether (sulfide) groups is 1. The van der Waals surface area contributed by atoms with Crippen molar-refractivity contribution in [2.75, 3.05) is 5.75 Å². The smallest absolute Gasteiger partial charge is 0.150 e. The van der Waals surface area contributed by atoms with Crippen LogP contribution in [0, 0.1) is 23.7 Å².